The summed E-state index contributed by atoms with van der Waals surface area (Å²) in [4.78, 5) is 16.6. The van der Waals surface area contributed by atoms with Crippen LogP contribution >= 0.6 is 0 Å². The van der Waals surface area contributed by atoms with Gasteiger partial charge in [0, 0.05) is 24.5 Å². The first-order chi connectivity index (χ1) is 18.2. The molecule has 1 aliphatic rings. The number of halogens is 4. The van der Waals surface area contributed by atoms with Gasteiger partial charge in [0.1, 0.15) is 5.82 Å². The zero-order valence-electron chi connectivity index (χ0n) is 20.2. The van der Waals surface area contributed by atoms with Crippen LogP contribution in [-0.2, 0) is 6.18 Å². The van der Waals surface area contributed by atoms with Gasteiger partial charge in [-0.15, -0.1) is 0 Å². The second kappa shape index (κ2) is 11.3. The van der Waals surface area contributed by atoms with E-state index in [0.717, 1.165) is 30.0 Å². The maximum Gasteiger partial charge on any atom is 0.419 e. The minimum absolute atomic E-state index is 0.167. The summed E-state index contributed by atoms with van der Waals surface area (Å²) in [6.07, 6.45) is -3.32. The summed E-state index contributed by atoms with van der Waals surface area (Å²) in [5.41, 5.74) is 0.931. The van der Waals surface area contributed by atoms with Gasteiger partial charge >= 0.3 is 12.2 Å². The van der Waals surface area contributed by atoms with Gasteiger partial charge in [0.05, 0.1) is 29.3 Å². The van der Waals surface area contributed by atoms with E-state index in [0.29, 0.717) is 36.5 Å². The third-order valence-electron chi connectivity index (χ3n) is 6.40. The van der Waals surface area contributed by atoms with E-state index in [1.54, 1.807) is 42.5 Å². The number of benzene rings is 3. The largest absolute Gasteiger partial charge is 0.419 e. The zero-order valence-corrected chi connectivity index (χ0v) is 20.2. The first-order valence-electron chi connectivity index (χ1n) is 11.9. The number of nitriles is 2. The molecule has 194 valence electrons. The highest BCUT2D eigenvalue weighted by molar-refractivity contribution is 6.02. The number of hydrogen-bond acceptors (Lipinski definition) is 4. The maximum atomic E-state index is 13.7. The monoisotopic (exact) mass is 521 g/mol. The fraction of sp³-hybridized carbons (Fsp3) is 0.250. The molecule has 1 fully saturated rings. The lowest BCUT2D eigenvalue weighted by molar-refractivity contribution is -0.139. The Morgan fingerprint density at radius 3 is 2.50 bits per heavy atom. The molecule has 38 heavy (non-hydrogen) atoms. The molecule has 1 N–H and O–H groups in total. The van der Waals surface area contributed by atoms with Crippen molar-refractivity contribution in [3.63, 3.8) is 0 Å². The van der Waals surface area contributed by atoms with E-state index >= 15 is 0 Å². The van der Waals surface area contributed by atoms with Crippen LogP contribution in [0.1, 0.15) is 24.0 Å². The van der Waals surface area contributed by atoms with Crippen LogP contribution in [0.5, 0.6) is 0 Å². The zero-order chi connectivity index (χ0) is 27.3. The molecule has 1 aliphatic heterocycles. The van der Waals surface area contributed by atoms with E-state index < -0.39 is 23.6 Å². The molecule has 4 rings (SSSR count). The van der Waals surface area contributed by atoms with Crippen molar-refractivity contribution in [2.75, 3.05) is 29.9 Å². The van der Waals surface area contributed by atoms with Gasteiger partial charge in [-0.05, 0) is 73.0 Å². The highest BCUT2D eigenvalue weighted by Gasteiger charge is 2.34. The molecule has 6 nitrogen and oxygen atoms in total. The van der Waals surface area contributed by atoms with E-state index in [9.17, 15) is 27.6 Å². The Morgan fingerprint density at radius 2 is 1.82 bits per heavy atom. The standard InChI is InChI=1S/C28H23F4N5O/c29-26-11-8-22(16-25(26)28(30,31)32)35-27(38)37(14-13-36-12-2-5-24(36)18-34)23-9-6-20(7-10-23)21-4-1-3-19(15-21)17-33/h1,3-4,6-11,15-16,24H,2,5,12-14H2,(H,35,38). The predicted molar refractivity (Wildman–Crippen MR) is 135 cm³/mol. The van der Waals surface area contributed by atoms with Gasteiger partial charge in [-0.1, -0.05) is 24.3 Å². The van der Waals surface area contributed by atoms with Crippen molar-refractivity contribution < 1.29 is 22.4 Å². The Balaban J connectivity index is 1.60. The summed E-state index contributed by atoms with van der Waals surface area (Å²) >= 11 is 0. The molecule has 1 unspecified atom stereocenters. The van der Waals surface area contributed by atoms with Crippen molar-refractivity contribution in [2.24, 2.45) is 0 Å². The van der Waals surface area contributed by atoms with Crippen LogP contribution in [-0.4, -0.2) is 36.6 Å². The summed E-state index contributed by atoms with van der Waals surface area (Å²) in [5, 5.41) is 21.0. The molecular formula is C28H23F4N5O. The van der Waals surface area contributed by atoms with Crippen molar-refractivity contribution in [2.45, 2.75) is 25.1 Å². The fourth-order valence-corrected chi connectivity index (χ4v) is 4.43. The molecule has 0 saturated carbocycles. The van der Waals surface area contributed by atoms with Crippen molar-refractivity contribution in [3.8, 4) is 23.3 Å². The summed E-state index contributed by atoms with van der Waals surface area (Å²) in [5.74, 6) is -1.43. The molecule has 1 saturated heterocycles. The minimum atomic E-state index is -4.91. The average molecular weight is 522 g/mol. The van der Waals surface area contributed by atoms with Crippen molar-refractivity contribution in [1.29, 1.82) is 10.5 Å². The van der Waals surface area contributed by atoms with Crippen LogP contribution in [0, 0.1) is 28.5 Å². The van der Waals surface area contributed by atoms with Crippen LogP contribution in [0.25, 0.3) is 11.1 Å². The number of nitrogens with one attached hydrogen (secondary N) is 1. The lowest BCUT2D eigenvalue weighted by Gasteiger charge is -2.27. The number of hydrogen-bond donors (Lipinski definition) is 1. The normalized spacial score (nSPS) is 15.5. The summed E-state index contributed by atoms with van der Waals surface area (Å²) in [6.45, 7) is 1.25. The van der Waals surface area contributed by atoms with E-state index in [4.69, 9.17) is 5.26 Å². The Bertz CT molecular complexity index is 1390. The SMILES string of the molecule is N#Cc1cccc(-c2ccc(N(CCN3CCCC3C#N)C(=O)Nc3ccc(F)c(C(F)(F)F)c3)cc2)c1. The molecule has 0 radical (unpaired) electrons. The Kier molecular flexibility index (Phi) is 7.94. The summed E-state index contributed by atoms with van der Waals surface area (Å²) < 4.78 is 53.2. The average Bonchev–Trinajstić information content (AvgIpc) is 3.37. The second-order valence-corrected chi connectivity index (χ2v) is 8.84. The van der Waals surface area contributed by atoms with E-state index in [1.165, 1.54) is 4.90 Å². The van der Waals surface area contributed by atoms with Gasteiger partial charge in [0.25, 0.3) is 0 Å². The molecule has 0 aromatic heterocycles. The number of carbonyl (C=O) groups excluding carboxylic acids is 1. The molecule has 10 heteroatoms. The lowest BCUT2D eigenvalue weighted by atomic mass is 10.0. The van der Waals surface area contributed by atoms with Crippen molar-refractivity contribution in [1.82, 2.24) is 4.90 Å². The molecule has 0 aliphatic carbocycles. The first-order valence-corrected chi connectivity index (χ1v) is 11.9. The number of likely N-dealkylation sites (tertiary alicyclic amines) is 1. The third-order valence-corrected chi connectivity index (χ3v) is 6.40. The number of alkyl halides is 3. The molecule has 3 aromatic carbocycles. The van der Waals surface area contributed by atoms with E-state index in [2.05, 4.69) is 17.5 Å². The van der Waals surface area contributed by atoms with E-state index in [-0.39, 0.29) is 18.3 Å². The van der Waals surface area contributed by atoms with Gasteiger partial charge in [0.2, 0.25) is 0 Å². The first kappa shape index (κ1) is 26.6. The van der Waals surface area contributed by atoms with Crippen LogP contribution in [0.4, 0.5) is 33.7 Å². The van der Waals surface area contributed by atoms with Crippen LogP contribution in [0.3, 0.4) is 0 Å². The van der Waals surface area contributed by atoms with Crippen LogP contribution < -0.4 is 10.2 Å². The fourth-order valence-electron chi connectivity index (χ4n) is 4.43. The lowest BCUT2D eigenvalue weighted by Crippen LogP contribution is -2.42. The van der Waals surface area contributed by atoms with Gasteiger partial charge in [-0.3, -0.25) is 9.80 Å². The molecule has 3 aromatic rings. The van der Waals surface area contributed by atoms with Crippen LogP contribution in [0.15, 0.2) is 66.7 Å². The predicted octanol–water partition coefficient (Wildman–Crippen LogP) is 6.41. The van der Waals surface area contributed by atoms with E-state index in [1.807, 2.05) is 11.0 Å². The molecule has 1 heterocycles. The topological polar surface area (TPSA) is 83.2 Å². The van der Waals surface area contributed by atoms with Gasteiger partial charge in [-0.2, -0.15) is 23.7 Å². The van der Waals surface area contributed by atoms with Gasteiger partial charge in [0.15, 0.2) is 0 Å². The number of amides is 2. The summed E-state index contributed by atoms with van der Waals surface area (Å²) in [6, 6.07) is 19.7. The molecular weight excluding hydrogens is 498 g/mol. The number of nitrogens with zero attached hydrogens (tertiary/aromatic N) is 4. The number of rotatable bonds is 6. The minimum Gasteiger partial charge on any atom is -0.308 e. The quantitative estimate of drug-likeness (QED) is 0.380. The third kappa shape index (κ3) is 6.10. The number of anilines is 2. The second-order valence-electron chi connectivity index (χ2n) is 8.84. The van der Waals surface area contributed by atoms with Crippen molar-refractivity contribution in [3.05, 3.63) is 83.7 Å². The molecule has 1 atom stereocenters. The van der Waals surface area contributed by atoms with Crippen LogP contribution in [0.2, 0.25) is 0 Å². The summed E-state index contributed by atoms with van der Waals surface area (Å²) in [7, 11) is 0. The van der Waals surface area contributed by atoms with Gasteiger partial charge < -0.3 is 5.32 Å². The highest BCUT2D eigenvalue weighted by atomic mass is 19.4. The van der Waals surface area contributed by atoms with Crippen molar-refractivity contribution >= 4 is 17.4 Å². The number of carbonyl (C=O) groups is 1. The molecule has 2 amide bonds. The smallest absolute Gasteiger partial charge is 0.308 e. The Hall–Kier alpha value is -4.41. The Morgan fingerprint density at radius 1 is 1.05 bits per heavy atom. The molecule has 0 bridgehead atoms. The number of urea groups is 1. The highest BCUT2D eigenvalue weighted by Crippen LogP contribution is 2.33. The molecule has 0 spiro atoms. The van der Waals surface area contributed by atoms with Gasteiger partial charge in [-0.25, -0.2) is 9.18 Å². The Labute approximate surface area is 217 Å². The maximum absolute atomic E-state index is 13.7.